The lowest BCUT2D eigenvalue weighted by molar-refractivity contribution is 0.0351. The summed E-state index contributed by atoms with van der Waals surface area (Å²) in [5.74, 6) is -2.33. The molecule has 0 radical (unpaired) electrons. The minimum atomic E-state index is -0.804. The van der Waals surface area contributed by atoms with Crippen molar-refractivity contribution < 1.29 is 23.1 Å². The lowest BCUT2D eigenvalue weighted by Crippen LogP contribution is -2.58. The quantitative estimate of drug-likeness (QED) is 0.807. The van der Waals surface area contributed by atoms with Crippen molar-refractivity contribution in [1.82, 2.24) is 10.6 Å². The highest BCUT2D eigenvalue weighted by Gasteiger charge is 2.35. The molecule has 0 atom stereocenters. The summed E-state index contributed by atoms with van der Waals surface area (Å²) < 4.78 is 33.5. The Balaban J connectivity index is 1.76. The van der Waals surface area contributed by atoms with Crippen molar-refractivity contribution in [2.75, 3.05) is 19.8 Å². The highest BCUT2D eigenvalue weighted by molar-refractivity contribution is 5.96. The number of nitrogens with one attached hydrogen (secondary N) is 2. The van der Waals surface area contributed by atoms with E-state index in [0.717, 1.165) is 11.1 Å². The molecule has 1 aliphatic heterocycles. The van der Waals surface area contributed by atoms with Gasteiger partial charge in [-0.3, -0.25) is 9.59 Å². The Labute approximate surface area is 168 Å². The third-order valence-electron chi connectivity index (χ3n) is 5.15. The van der Waals surface area contributed by atoms with Gasteiger partial charge >= 0.3 is 0 Å². The smallest absolute Gasteiger partial charge is 0.254 e. The minimum absolute atomic E-state index is 0.0491. The van der Waals surface area contributed by atoms with Gasteiger partial charge in [0.2, 0.25) is 0 Å². The minimum Gasteiger partial charge on any atom is -0.381 e. The molecule has 0 aliphatic carbocycles. The highest BCUT2D eigenvalue weighted by Crippen LogP contribution is 2.22. The van der Waals surface area contributed by atoms with Crippen LogP contribution < -0.4 is 10.6 Å². The first-order valence-corrected chi connectivity index (χ1v) is 9.50. The predicted octanol–water partition coefficient (Wildman–Crippen LogP) is 3.29. The number of hydrogen-bond donors (Lipinski definition) is 2. The van der Waals surface area contributed by atoms with Crippen molar-refractivity contribution in [1.29, 1.82) is 0 Å². The normalized spacial score (nSPS) is 15.6. The summed E-state index contributed by atoms with van der Waals surface area (Å²) in [6, 6.07) is 8.63. The number of carbonyl (C=O) groups is 2. The van der Waals surface area contributed by atoms with Gasteiger partial charge in [-0.05, 0) is 51.0 Å². The number of hydrogen-bond acceptors (Lipinski definition) is 3. The van der Waals surface area contributed by atoms with Crippen LogP contribution in [0.4, 0.5) is 8.78 Å². The van der Waals surface area contributed by atoms with Crippen molar-refractivity contribution in [2.24, 2.45) is 0 Å². The first-order chi connectivity index (χ1) is 13.8. The van der Waals surface area contributed by atoms with Crippen LogP contribution in [0.1, 0.15) is 44.7 Å². The zero-order valence-electron chi connectivity index (χ0n) is 16.5. The van der Waals surface area contributed by atoms with Gasteiger partial charge < -0.3 is 15.4 Å². The Morgan fingerprint density at radius 3 is 2.00 bits per heavy atom. The van der Waals surface area contributed by atoms with Crippen molar-refractivity contribution in [3.05, 3.63) is 70.3 Å². The van der Waals surface area contributed by atoms with Crippen molar-refractivity contribution in [3.8, 4) is 0 Å². The Hall–Kier alpha value is -2.80. The van der Waals surface area contributed by atoms with Crippen LogP contribution in [0.5, 0.6) is 0 Å². The number of benzene rings is 2. The first-order valence-electron chi connectivity index (χ1n) is 9.50. The molecule has 1 heterocycles. The fourth-order valence-corrected chi connectivity index (χ4v) is 3.39. The molecule has 0 saturated carbocycles. The topological polar surface area (TPSA) is 67.4 Å². The van der Waals surface area contributed by atoms with E-state index in [1.807, 2.05) is 0 Å². The molecule has 1 aliphatic rings. The molecule has 154 valence electrons. The predicted molar refractivity (Wildman–Crippen MR) is 105 cm³/mol. The summed E-state index contributed by atoms with van der Waals surface area (Å²) in [6.45, 7) is 4.42. The van der Waals surface area contributed by atoms with E-state index in [-0.39, 0.29) is 17.7 Å². The van der Waals surface area contributed by atoms with Gasteiger partial charge in [0.15, 0.2) is 0 Å². The van der Waals surface area contributed by atoms with E-state index >= 15 is 0 Å². The molecule has 2 aromatic carbocycles. The van der Waals surface area contributed by atoms with Gasteiger partial charge in [0.1, 0.15) is 11.6 Å². The number of ether oxygens (including phenoxy) is 1. The molecule has 0 bridgehead atoms. The average Bonchev–Trinajstić information content (AvgIpc) is 2.70. The number of halogens is 2. The van der Waals surface area contributed by atoms with Crippen LogP contribution in [-0.4, -0.2) is 37.1 Å². The second kappa shape index (κ2) is 8.69. The van der Waals surface area contributed by atoms with Crippen LogP contribution in [0.2, 0.25) is 0 Å². The summed E-state index contributed by atoms with van der Waals surface area (Å²) in [5.41, 5.74) is 0.623. The number of amides is 2. The van der Waals surface area contributed by atoms with E-state index in [2.05, 4.69) is 10.6 Å². The molecule has 0 spiro atoms. The number of aryl methyl sites for hydroxylation is 2. The van der Waals surface area contributed by atoms with Crippen molar-refractivity contribution in [3.63, 3.8) is 0 Å². The summed E-state index contributed by atoms with van der Waals surface area (Å²) >= 11 is 0. The van der Waals surface area contributed by atoms with Crippen LogP contribution in [0, 0.1) is 25.5 Å². The molecule has 1 fully saturated rings. The Morgan fingerprint density at radius 2 is 1.45 bits per heavy atom. The molecule has 1 saturated heterocycles. The second-order valence-electron chi connectivity index (χ2n) is 7.50. The van der Waals surface area contributed by atoms with Gasteiger partial charge in [-0.1, -0.05) is 23.3 Å². The molecular weight excluding hydrogens is 378 g/mol. The standard InChI is InChI=1S/C22H24F2N2O3/c1-14-3-5-18(23)16(11-14)20(27)25-13-22(7-9-29-10-8-22)26-21(28)17-12-15(2)4-6-19(17)24/h3-6,11-12H,7-10,13H2,1-2H3,(H,25,27)(H,26,28). The summed E-state index contributed by atoms with van der Waals surface area (Å²) in [4.78, 5) is 25.2. The maximum Gasteiger partial charge on any atom is 0.254 e. The zero-order chi connectivity index (χ0) is 21.0. The van der Waals surface area contributed by atoms with E-state index in [1.165, 1.54) is 24.3 Å². The van der Waals surface area contributed by atoms with E-state index in [1.54, 1.807) is 26.0 Å². The summed E-state index contributed by atoms with van der Waals surface area (Å²) in [5, 5.41) is 5.60. The molecule has 2 amide bonds. The van der Waals surface area contributed by atoms with Crippen LogP contribution in [0.3, 0.4) is 0 Å². The lowest BCUT2D eigenvalue weighted by atomic mass is 9.89. The van der Waals surface area contributed by atoms with Gasteiger partial charge in [0, 0.05) is 19.8 Å². The highest BCUT2D eigenvalue weighted by atomic mass is 19.1. The second-order valence-corrected chi connectivity index (χ2v) is 7.50. The molecule has 0 unspecified atom stereocenters. The lowest BCUT2D eigenvalue weighted by Gasteiger charge is -2.38. The van der Waals surface area contributed by atoms with Gasteiger partial charge in [-0.2, -0.15) is 0 Å². The van der Waals surface area contributed by atoms with E-state index < -0.39 is 29.0 Å². The van der Waals surface area contributed by atoms with Gasteiger partial charge in [-0.25, -0.2) is 8.78 Å². The molecule has 29 heavy (non-hydrogen) atoms. The van der Waals surface area contributed by atoms with Crippen LogP contribution in [0.25, 0.3) is 0 Å². The third-order valence-corrected chi connectivity index (χ3v) is 5.15. The summed E-state index contributed by atoms with van der Waals surface area (Å²) in [6.07, 6.45) is 0.894. The van der Waals surface area contributed by atoms with Crippen LogP contribution in [0.15, 0.2) is 36.4 Å². The van der Waals surface area contributed by atoms with Crippen LogP contribution in [-0.2, 0) is 4.74 Å². The summed E-state index contributed by atoms with van der Waals surface area (Å²) in [7, 11) is 0. The van der Waals surface area contributed by atoms with E-state index in [4.69, 9.17) is 4.74 Å². The fraction of sp³-hybridized carbons (Fsp3) is 0.364. The third kappa shape index (κ3) is 4.98. The average molecular weight is 402 g/mol. The largest absolute Gasteiger partial charge is 0.381 e. The molecule has 3 rings (SSSR count). The SMILES string of the molecule is Cc1ccc(F)c(C(=O)NCC2(NC(=O)c3cc(C)ccc3F)CCOCC2)c1. The molecule has 2 aromatic rings. The Bertz CT molecular complexity index is 924. The molecule has 0 aromatic heterocycles. The number of carbonyl (C=O) groups excluding carboxylic acids is 2. The van der Waals surface area contributed by atoms with Crippen molar-refractivity contribution in [2.45, 2.75) is 32.2 Å². The fourth-order valence-electron chi connectivity index (χ4n) is 3.39. The van der Waals surface area contributed by atoms with Gasteiger partial charge in [0.25, 0.3) is 11.8 Å². The van der Waals surface area contributed by atoms with Gasteiger partial charge in [0.05, 0.1) is 16.7 Å². The monoisotopic (exact) mass is 402 g/mol. The molecular formula is C22H24F2N2O3. The maximum absolute atomic E-state index is 14.1. The zero-order valence-corrected chi connectivity index (χ0v) is 16.5. The van der Waals surface area contributed by atoms with E-state index in [9.17, 15) is 18.4 Å². The molecule has 2 N–H and O–H groups in total. The van der Waals surface area contributed by atoms with E-state index in [0.29, 0.717) is 26.1 Å². The molecule has 7 heteroatoms. The first kappa shape index (κ1) is 20.9. The van der Waals surface area contributed by atoms with Gasteiger partial charge in [-0.15, -0.1) is 0 Å². The Morgan fingerprint density at radius 1 is 0.931 bits per heavy atom. The maximum atomic E-state index is 14.1. The van der Waals surface area contributed by atoms with Crippen molar-refractivity contribution >= 4 is 11.8 Å². The van der Waals surface area contributed by atoms with Crippen LogP contribution >= 0.6 is 0 Å². The Kier molecular flexibility index (Phi) is 6.27. The number of rotatable bonds is 5. The molecule has 5 nitrogen and oxygen atoms in total.